The summed E-state index contributed by atoms with van der Waals surface area (Å²) >= 11 is 5.30. The quantitative estimate of drug-likeness (QED) is 0.789. The molecule has 1 atom stereocenters. The van der Waals surface area contributed by atoms with Crippen LogP contribution in [-0.2, 0) is 19.9 Å². The smallest absolute Gasteiger partial charge is 0.0766 e. The Bertz CT molecular complexity index is 612. The number of halogens is 1. The average Bonchev–Trinajstić information content (AvgIpc) is 2.74. The van der Waals surface area contributed by atoms with Crippen molar-refractivity contribution >= 4 is 27.7 Å². The molecule has 114 valence electrons. The van der Waals surface area contributed by atoms with Gasteiger partial charge in [0.25, 0.3) is 0 Å². The Hall–Kier alpha value is -0.780. The molecule has 2 rings (SSSR count). The lowest BCUT2D eigenvalue weighted by atomic mass is 10.2. The zero-order chi connectivity index (χ0) is 15.4. The fraction of sp³-hybridized carbons (Fsp3) is 0.438. The van der Waals surface area contributed by atoms with E-state index in [1.165, 1.54) is 10.5 Å². The number of benzene rings is 1. The fourth-order valence-corrected chi connectivity index (χ4v) is 3.97. The zero-order valence-corrected chi connectivity index (χ0v) is 15.0. The van der Waals surface area contributed by atoms with E-state index in [0.717, 1.165) is 22.3 Å². The fourth-order valence-electron chi connectivity index (χ4n) is 2.23. The SMILES string of the molecule is CCc1nn(C)c(CC(O)CSc2ccccc2C)c1Br. The van der Waals surface area contributed by atoms with E-state index < -0.39 is 0 Å². The highest BCUT2D eigenvalue weighted by atomic mass is 79.9. The van der Waals surface area contributed by atoms with Gasteiger partial charge in [-0.05, 0) is 40.9 Å². The molecule has 1 aromatic carbocycles. The van der Waals surface area contributed by atoms with Crippen LogP contribution in [0.3, 0.4) is 0 Å². The van der Waals surface area contributed by atoms with E-state index >= 15 is 0 Å². The monoisotopic (exact) mass is 368 g/mol. The lowest BCUT2D eigenvalue weighted by Gasteiger charge is -2.12. The van der Waals surface area contributed by atoms with Crippen LogP contribution >= 0.6 is 27.7 Å². The van der Waals surface area contributed by atoms with Crippen molar-refractivity contribution in [2.45, 2.75) is 37.7 Å². The topological polar surface area (TPSA) is 38.0 Å². The molecule has 2 aromatic rings. The van der Waals surface area contributed by atoms with E-state index in [2.05, 4.69) is 47.0 Å². The summed E-state index contributed by atoms with van der Waals surface area (Å²) in [6, 6.07) is 8.27. The predicted molar refractivity (Wildman–Crippen MR) is 91.9 cm³/mol. The predicted octanol–water partition coefficient (Wildman–Crippen LogP) is 3.75. The van der Waals surface area contributed by atoms with Crippen LogP contribution in [0.1, 0.15) is 23.9 Å². The summed E-state index contributed by atoms with van der Waals surface area (Å²) in [4.78, 5) is 1.23. The summed E-state index contributed by atoms with van der Waals surface area (Å²) in [5.41, 5.74) is 3.36. The lowest BCUT2D eigenvalue weighted by Crippen LogP contribution is -2.16. The maximum absolute atomic E-state index is 10.3. The second kappa shape index (κ2) is 7.47. The number of nitrogens with zero attached hydrogens (tertiary/aromatic N) is 2. The van der Waals surface area contributed by atoms with Gasteiger partial charge in [0.2, 0.25) is 0 Å². The molecule has 0 amide bonds. The van der Waals surface area contributed by atoms with Crippen molar-refractivity contribution in [2.24, 2.45) is 7.05 Å². The maximum atomic E-state index is 10.3. The highest BCUT2D eigenvalue weighted by Crippen LogP contribution is 2.26. The summed E-state index contributed by atoms with van der Waals surface area (Å²) in [6.07, 6.45) is 1.12. The number of hydrogen-bond donors (Lipinski definition) is 1. The molecule has 0 radical (unpaired) electrons. The van der Waals surface area contributed by atoms with Crippen molar-refractivity contribution in [2.75, 3.05) is 5.75 Å². The summed E-state index contributed by atoms with van der Waals surface area (Å²) in [7, 11) is 1.93. The highest BCUT2D eigenvalue weighted by molar-refractivity contribution is 9.10. The molecule has 0 aliphatic rings. The van der Waals surface area contributed by atoms with Crippen molar-refractivity contribution in [3.05, 3.63) is 45.7 Å². The van der Waals surface area contributed by atoms with Gasteiger partial charge in [-0.1, -0.05) is 25.1 Å². The first-order chi connectivity index (χ1) is 10.0. The Morgan fingerprint density at radius 1 is 1.38 bits per heavy atom. The molecule has 1 N–H and O–H groups in total. The zero-order valence-electron chi connectivity index (χ0n) is 12.6. The van der Waals surface area contributed by atoms with Crippen LogP contribution in [0.15, 0.2) is 33.6 Å². The minimum Gasteiger partial charge on any atom is -0.392 e. The number of thioether (sulfide) groups is 1. The van der Waals surface area contributed by atoms with Crippen LogP contribution in [0, 0.1) is 6.92 Å². The summed E-state index contributed by atoms with van der Waals surface area (Å²) in [5.74, 6) is 0.684. The van der Waals surface area contributed by atoms with Gasteiger partial charge in [-0.25, -0.2) is 0 Å². The third-order valence-electron chi connectivity index (χ3n) is 3.46. The van der Waals surface area contributed by atoms with Crippen molar-refractivity contribution < 1.29 is 5.11 Å². The van der Waals surface area contributed by atoms with Gasteiger partial charge in [0.15, 0.2) is 0 Å². The van der Waals surface area contributed by atoms with Gasteiger partial charge >= 0.3 is 0 Å². The van der Waals surface area contributed by atoms with Gasteiger partial charge in [-0.2, -0.15) is 5.10 Å². The number of aryl methyl sites for hydroxylation is 3. The molecule has 5 heteroatoms. The van der Waals surface area contributed by atoms with E-state index in [-0.39, 0.29) is 6.10 Å². The molecule has 3 nitrogen and oxygen atoms in total. The highest BCUT2D eigenvalue weighted by Gasteiger charge is 2.16. The minimum atomic E-state index is -0.383. The Labute approximate surface area is 138 Å². The van der Waals surface area contributed by atoms with E-state index in [4.69, 9.17) is 0 Å². The second-order valence-corrected chi connectivity index (χ2v) is 6.97. The number of hydrogen-bond acceptors (Lipinski definition) is 3. The third-order valence-corrected chi connectivity index (χ3v) is 5.69. The molecule has 0 aliphatic heterocycles. The normalized spacial score (nSPS) is 12.6. The largest absolute Gasteiger partial charge is 0.392 e. The summed E-state index contributed by atoms with van der Waals surface area (Å²) < 4.78 is 2.90. The van der Waals surface area contributed by atoms with Gasteiger partial charge in [0.1, 0.15) is 0 Å². The maximum Gasteiger partial charge on any atom is 0.0766 e. The molecule has 0 bridgehead atoms. The molecule has 21 heavy (non-hydrogen) atoms. The van der Waals surface area contributed by atoms with E-state index in [0.29, 0.717) is 12.2 Å². The van der Waals surface area contributed by atoms with Crippen molar-refractivity contribution in [3.8, 4) is 0 Å². The molecule has 0 saturated heterocycles. The van der Waals surface area contributed by atoms with Crippen LogP contribution in [-0.4, -0.2) is 26.7 Å². The number of rotatable bonds is 6. The van der Waals surface area contributed by atoms with Crippen LogP contribution in [0.25, 0.3) is 0 Å². The van der Waals surface area contributed by atoms with Crippen LogP contribution in [0.4, 0.5) is 0 Å². The van der Waals surface area contributed by atoms with Crippen molar-refractivity contribution in [3.63, 3.8) is 0 Å². The van der Waals surface area contributed by atoms with Crippen LogP contribution in [0.5, 0.6) is 0 Å². The molecule has 0 saturated carbocycles. The van der Waals surface area contributed by atoms with Gasteiger partial charge in [0.05, 0.1) is 22.0 Å². The average molecular weight is 369 g/mol. The van der Waals surface area contributed by atoms with Gasteiger partial charge < -0.3 is 5.11 Å². The Morgan fingerprint density at radius 2 is 2.10 bits per heavy atom. The summed E-state index contributed by atoms with van der Waals surface area (Å²) in [5, 5.41) is 14.8. The van der Waals surface area contributed by atoms with E-state index in [1.54, 1.807) is 11.8 Å². The van der Waals surface area contributed by atoms with Gasteiger partial charge in [-0.3, -0.25) is 4.68 Å². The molecule has 0 fully saturated rings. The summed E-state index contributed by atoms with van der Waals surface area (Å²) in [6.45, 7) is 4.18. The van der Waals surface area contributed by atoms with E-state index in [9.17, 15) is 5.11 Å². The Morgan fingerprint density at radius 3 is 2.71 bits per heavy atom. The van der Waals surface area contributed by atoms with Crippen molar-refractivity contribution in [1.29, 1.82) is 0 Å². The minimum absolute atomic E-state index is 0.383. The van der Waals surface area contributed by atoms with E-state index in [1.807, 2.05) is 23.9 Å². The molecule has 1 aromatic heterocycles. The first-order valence-electron chi connectivity index (χ1n) is 7.09. The molecular formula is C16H21BrN2OS. The number of aromatic nitrogens is 2. The third kappa shape index (κ3) is 4.11. The lowest BCUT2D eigenvalue weighted by molar-refractivity contribution is 0.197. The number of aliphatic hydroxyl groups excluding tert-OH is 1. The standard InChI is InChI=1S/C16H21BrN2OS/c1-4-13-16(17)14(19(3)18-13)9-12(20)10-21-15-8-6-5-7-11(15)2/h5-8,12,20H,4,9-10H2,1-3H3. The number of aliphatic hydroxyl groups is 1. The Kier molecular flexibility index (Phi) is 5.90. The molecule has 0 aliphatic carbocycles. The molecular weight excluding hydrogens is 348 g/mol. The van der Waals surface area contributed by atoms with Gasteiger partial charge in [0, 0.05) is 24.1 Å². The van der Waals surface area contributed by atoms with Crippen molar-refractivity contribution in [1.82, 2.24) is 9.78 Å². The van der Waals surface area contributed by atoms with Crippen LogP contribution in [0.2, 0.25) is 0 Å². The van der Waals surface area contributed by atoms with Crippen LogP contribution < -0.4 is 0 Å². The van der Waals surface area contributed by atoms with Gasteiger partial charge in [-0.15, -0.1) is 11.8 Å². The first kappa shape index (κ1) is 16.6. The molecule has 0 spiro atoms. The Balaban J connectivity index is 1.98. The second-order valence-electron chi connectivity index (χ2n) is 5.12. The molecule has 1 unspecified atom stereocenters. The molecule has 1 heterocycles. The first-order valence-corrected chi connectivity index (χ1v) is 8.87.